The SMILES string of the molecule is C=C/C=C\C(=C/C)n1c(-c2ccc3c(c2)C(C)(C(C)(C)C)c2ccc4oc5ccccc5c4c2-3)nc2ccccc21. The maximum Gasteiger partial charge on any atom is 0.145 e. The van der Waals surface area contributed by atoms with Gasteiger partial charge in [0.1, 0.15) is 17.0 Å². The number of nitrogens with zero attached hydrogens (tertiary/aromatic N) is 2. The van der Waals surface area contributed by atoms with Crippen LogP contribution in [-0.2, 0) is 5.41 Å². The molecule has 0 spiro atoms. The summed E-state index contributed by atoms with van der Waals surface area (Å²) in [5.74, 6) is 0.932. The highest BCUT2D eigenvalue weighted by Gasteiger charge is 2.48. The standard InChI is InChI=1S/C38H34N2O/c1-7-9-14-25(8-2)40-31-17-12-11-16-30(31)39-36(40)24-19-20-26-29(23-24)38(6,37(3,4)5)28-21-22-33-35(34(26)28)27-15-10-13-18-32(27)41-33/h7-23H,1H2,2-6H3/b14-9-,25-8+. The van der Waals surface area contributed by atoms with E-state index in [0.29, 0.717) is 0 Å². The summed E-state index contributed by atoms with van der Waals surface area (Å²) in [5.41, 5.74) is 11.1. The number of allylic oxidation sites excluding steroid dienone is 5. The molecule has 202 valence electrons. The number of rotatable bonds is 4. The molecule has 0 saturated carbocycles. The molecule has 1 unspecified atom stereocenters. The lowest BCUT2D eigenvalue weighted by atomic mass is 9.62. The second-order valence-electron chi connectivity index (χ2n) is 12.2. The molecule has 7 rings (SSSR count). The third-order valence-corrected chi connectivity index (χ3v) is 9.19. The molecular formula is C38H34N2O. The average Bonchev–Trinajstić information content (AvgIpc) is 3.62. The second-order valence-corrected chi connectivity index (χ2v) is 12.2. The van der Waals surface area contributed by atoms with Crippen molar-refractivity contribution < 1.29 is 4.42 Å². The van der Waals surface area contributed by atoms with E-state index in [1.807, 2.05) is 18.2 Å². The first-order chi connectivity index (χ1) is 19.8. The third kappa shape index (κ3) is 3.48. The van der Waals surface area contributed by atoms with Gasteiger partial charge in [0, 0.05) is 27.4 Å². The van der Waals surface area contributed by atoms with Crippen molar-refractivity contribution in [3.8, 4) is 22.5 Å². The summed E-state index contributed by atoms with van der Waals surface area (Å²) < 4.78 is 8.59. The fraction of sp³-hybridized carbons (Fsp3) is 0.184. The van der Waals surface area contributed by atoms with E-state index < -0.39 is 0 Å². The first-order valence-electron chi connectivity index (χ1n) is 14.3. The van der Waals surface area contributed by atoms with Crippen LogP contribution in [0.5, 0.6) is 0 Å². The number of imidazole rings is 1. The summed E-state index contributed by atoms with van der Waals surface area (Å²) in [5, 5.41) is 2.37. The molecule has 0 radical (unpaired) electrons. The van der Waals surface area contributed by atoms with Gasteiger partial charge < -0.3 is 4.42 Å². The van der Waals surface area contributed by atoms with Crippen molar-refractivity contribution in [1.82, 2.24) is 9.55 Å². The highest BCUT2D eigenvalue weighted by Crippen LogP contribution is 2.59. The van der Waals surface area contributed by atoms with Gasteiger partial charge in [0.25, 0.3) is 0 Å². The normalized spacial score (nSPS) is 17.1. The van der Waals surface area contributed by atoms with E-state index in [-0.39, 0.29) is 10.8 Å². The molecule has 0 bridgehead atoms. The van der Waals surface area contributed by atoms with Crippen LogP contribution >= 0.6 is 0 Å². The van der Waals surface area contributed by atoms with Gasteiger partial charge in [0.15, 0.2) is 0 Å². The Labute approximate surface area is 241 Å². The van der Waals surface area contributed by atoms with Crippen molar-refractivity contribution in [3.05, 3.63) is 121 Å². The first-order valence-corrected chi connectivity index (χ1v) is 14.3. The summed E-state index contributed by atoms with van der Waals surface area (Å²) in [7, 11) is 0. The van der Waals surface area contributed by atoms with Crippen molar-refractivity contribution in [1.29, 1.82) is 0 Å². The van der Waals surface area contributed by atoms with Crippen molar-refractivity contribution in [2.45, 2.75) is 40.0 Å². The quantitative estimate of drug-likeness (QED) is 0.211. The van der Waals surface area contributed by atoms with E-state index in [0.717, 1.165) is 39.3 Å². The average molecular weight is 535 g/mol. The lowest BCUT2D eigenvalue weighted by molar-refractivity contribution is 0.255. The van der Waals surface area contributed by atoms with E-state index in [9.17, 15) is 0 Å². The highest BCUT2D eigenvalue weighted by molar-refractivity contribution is 6.15. The Bertz CT molecular complexity index is 2080. The van der Waals surface area contributed by atoms with Crippen LogP contribution in [0.1, 0.15) is 45.7 Å². The number of hydrogen-bond acceptors (Lipinski definition) is 2. The zero-order chi connectivity index (χ0) is 28.5. The van der Waals surface area contributed by atoms with Crippen LogP contribution < -0.4 is 0 Å². The predicted octanol–water partition coefficient (Wildman–Crippen LogP) is 10.5. The molecular weight excluding hydrogens is 500 g/mol. The van der Waals surface area contributed by atoms with Crippen LogP contribution in [0.3, 0.4) is 0 Å². The minimum Gasteiger partial charge on any atom is -0.456 e. The molecule has 1 aliphatic carbocycles. The maximum atomic E-state index is 6.33. The van der Waals surface area contributed by atoms with Crippen molar-refractivity contribution in [3.63, 3.8) is 0 Å². The molecule has 0 amide bonds. The van der Waals surface area contributed by atoms with Gasteiger partial charge >= 0.3 is 0 Å². The molecule has 3 heteroatoms. The van der Waals surface area contributed by atoms with Gasteiger partial charge in [-0.25, -0.2) is 4.98 Å². The molecule has 0 saturated heterocycles. The molecule has 1 atom stereocenters. The van der Waals surface area contributed by atoms with E-state index >= 15 is 0 Å². The number of hydrogen-bond donors (Lipinski definition) is 0. The molecule has 0 fully saturated rings. The minimum atomic E-state index is -0.219. The Kier molecular flexibility index (Phi) is 5.53. The Balaban J connectivity index is 1.54. The lowest BCUT2D eigenvalue weighted by Crippen LogP contribution is -2.36. The van der Waals surface area contributed by atoms with E-state index in [1.54, 1.807) is 0 Å². The van der Waals surface area contributed by atoms with Gasteiger partial charge in [-0.15, -0.1) is 0 Å². The summed E-state index contributed by atoms with van der Waals surface area (Å²) in [6.45, 7) is 15.4. The topological polar surface area (TPSA) is 31.0 Å². The zero-order valence-electron chi connectivity index (χ0n) is 24.3. The van der Waals surface area contributed by atoms with E-state index in [1.165, 1.54) is 33.0 Å². The highest BCUT2D eigenvalue weighted by atomic mass is 16.3. The fourth-order valence-corrected chi connectivity index (χ4v) is 6.73. The smallest absolute Gasteiger partial charge is 0.145 e. The molecule has 3 nitrogen and oxygen atoms in total. The zero-order valence-corrected chi connectivity index (χ0v) is 24.3. The van der Waals surface area contributed by atoms with Gasteiger partial charge in [-0.05, 0) is 71.0 Å². The number of benzene rings is 4. The number of para-hydroxylation sites is 3. The van der Waals surface area contributed by atoms with Gasteiger partial charge in [-0.1, -0.05) is 101 Å². The summed E-state index contributed by atoms with van der Waals surface area (Å²) in [6.07, 6.45) is 8.00. The van der Waals surface area contributed by atoms with Crippen LogP contribution in [0, 0.1) is 5.41 Å². The van der Waals surface area contributed by atoms with Gasteiger partial charge in [0.2, 0.25) is 0 Å². The van der Waals surface area contributed by atoms with E-state index in [2.05, 4.69) is 131 Å². The van der Waals surface area contributed by atoms with E-state index in [4.69, 9.17) is 9.40 Å². The Hall–Kier alpha value is -4.63. The van der Waals surface area contributed by atoms with Crippen molar-refractivity contribution in [2.24, 2.45) is 5.41 Å². The molecule has 41 heavy (non-hydrogen) atoms. The number of fused-ring (bicyclic) bond motifs is 8. The molecule has 0 aliphatic heterocycles. The Morgan fingerprint density at radius 3 is 2.49 bits per heavy atom. The summed E-state index contributed by atoms with van der Waals surface area (Å²) in [4.78, 5) is 5.17. The second kappa shape index (κ2) is 8.94. The Morgan fingerprint density at radius 1 is 0.927 bits per heavy atom. The summed E-state index contributed by atoms with van der Waals surface area (Å²) in [6, 6.07) is 28.1. The predicted molar refractivity (Wildman–Crippen MR) is 173 cm³/mol. The van der Waals surface area contributed by atoms with Crippen molar-refractivity contribution in [2.75, 3.05) is 0 Å². The first kappa shape index (κ1) is 25.3. The molecule has 4 aromatic carbocycles. The fourth-order valence-electron chi connectivity index (χ4n) is 6.73. The van der Waals surface area contributed by atoms with Gasteiger partial charge in [0.05, 0.1) is 11.0 Å². The minimum absolute atomic E-state index is 0.0415. The van der Waals surface area contributed by atoms with Gasteiger partial charge in [-0.2, -0.15) is 0 Å². The molecule has 6 aromatic rings. The van der Waals surface area contributed by atoms with Crippen LogP contribution in [0.25, 0.3) is 61.2 Å². The molecule has 2 heterocycles. The summed E-state index contributed by atoms with van der Waals surface area (Å²) >= 11 is 0. The monoisotopic (exact) mass is 534 g/mol. The maximum absolute atomic E-state index is 6.33. The Morgan fingerprint density at radius 2 is 1.71 bits per heavy atom. The number of aromatic nitrogens is 2. The van der Waals surface area contributed by atoms with Crippen LogP contribution in [0.2, 0.25) is 0 Å². The largest absolute Gasteiger partial charge is 0.456 e. The molecule has 2 aromatic heterocycles. The lowest BCUT2D eigenvalue weighted by Gasteiger charge is -2.41. The van der Waals surface area contributed by atoms with Crippen molar-refractivity contribution >= 4 is 38.7 Å². The van der Waals surface area contributed by atoms with Crippen LogP contribution in [-0.4, -0.2) is 9.55 Å². The molecule has 0 N–H and O–H groups in total. The van der Waals surface area contributed by atoms with Crippen LogP contribution in [0.4, 0.5) is 0 Å². The number of furan rings is 1. The van der Waals surface area contributed by atoms with Crippen LogP contribution in [0.15, 0.2) is 114 Å². The third-order valence-electron chi connectivity index (χ3n) is 9.19. The molecule has 1 aliphatic rings. The van der Waals surface area contributed by atoms with Gasteiger partial charge in [-0.3, -0.25) is 4.57 Å².